The lowest BCUT2D eigenvalue weighted by atomic mass is 10.1. The molecular weight excluding hydrogens is 554 g/mol. The number of sulfonamides is 2. The van der Waals surface area contributed by atoms with E-state index in [0.29, 0.717) is 30.3 Å². The number of amides is 1. The third-order valence-corrected chi connectivity index (χ3v) is 10.5. The van der Waals surface area contributed by atoms with Crippen molar-refractivity contribution < 1.29 is 31.1 Å². The lowest BCUT2D eigenvalue weighted by molar-refractivity contribution is -0.127. The summed E-state index contributed by atoms with van der Waals surface area (Å²) >= 11 is 0. The number of hydrogen-bond acceptors (Lipinski definition) is 7. The van der Waals surface area contributed by atoms with Gasteiger partial charge in [0.25, 0.3) is 15.9 Å². The second-order valence-corrected chi connectivity index (χ2v) is 13.4. The van der Waals surface area contributed by atoms with E-state index in [-0.39, 0.29) is 29.5 Å². The number of carbonyl (C=O) groups excluding carboxylic acids is 1. The molecule has 0 bridgehead atoms. The zero-order valence-electron chi connectivity index (χ0n) is 22.0. The molecule has 12 heteroatoms. The van der Waals surface area contributed by atoms with Crippen LogP contribution in [-0.4, -0.2) is 65.9 Å². The molecule has 3 aromatic carbocycles. The maximum absolute atomic E-state index is 13.5. The number of ether oxygens (including phenoxy) is 2. The highest BCUT2D eigenvalue weighted by atomic mass is 32.2. The van der Waals surface area contributed by atoms with Crippen molar-refractivity contribution in [3.63, 3.8) is 0 Å². The molecule has 0 spiro atoms. The van der Waals surface area contributed by atoms with E-state index in [1.54, 1.807) is 48.5 Å². The van der Waals surface area contributed by atoms with E-state index >= 15 is 0 Å². The smallest absolute Gasteiger partial charge is 0.264 e. The highest BCUT2D eigenvalue weighted by Gasteiger charge is 2.37. The van der Waals surface area contributed by atoms with Crippen molar-refractivity contribution in [2.75, 3.05) is 37.1 Å². The summed E-state index contributed by atoms with van der Waals surface area (Å²) in [4.78, 5) is 13.3. The summed E-state index contributed by atoms with van der Waals surface area (Å²) < 4.78 is 66.6. The molecular formula is C28H31N3O7S2. The van der Waals surface area contributed by atoms with E-state index < -0.39 is 32.1 Å². The number of carbonyl (C=O) groups is 1. The maximum atomic E-state index is 13.5. The van der Waals surface area contributed by atoms with Crippen LogP contribution < -0.4 is 19.1 Å². The van der Waals surface area contributed by atoms with Crippen molar-refractivity contribution in [2.24, 2.45) is 0 Å². The van der Waals surface area contributed by atoms with Gasteiger partial charge < -0.3 is 14.8 Å². The van der Waals surface area contributed by atoms with E-state index in [1.807, 2.05) is 6.92 Å². The first-order chi connectivity index (χ1) is 19.2. The molecule has 10 nitrogen and oxygen atoms in total. The molecule has 3 aromatic rings. The molecule has 1 saturated heterocycles. The van der Waals surface area contributed by atoms with Gasteiger partial charge in [0.15, 0.2) is 6.10 Å². The average Bonchev–Trinajstić information content (AvgIpc) is 3.51. The van der Waals surface area contributed by atoms with Crippen LogP contribution >= 0.6 is 0 Å². The third kappa shape index (κ3) is 5.79. The second kappa shape index (κ2) is 11.5. The topological polar surface area (TPSA) is 122 Å². The molecule has 1 amide bonds. The van der Waals surface area contributed by atoms with Crippen molar-refractivity contribution in [1.82, 2.24) is 9.62 Å². The van der Waals surface area contributed by atoms with Gasteiger partial charge >= 0.3 is 0 Å². The van der Waals surface area contributed by atoms with Crippen molar-refractivity contribution in [2.45, 2.75) is 35.7 Å². The molecule has 1 atom stereocenters. The first kappa shape index (κ1) is 27.9. The van der Waals surface area contributed by atoms with Gasteiger partial charge in [-0.05, 0) is 73.9 Å². The fourth-order valence-corrected chi connectivity index (χ4v) is 7.70. The Morgan fingerprint density at radius 3 is 2.30 bits per heavy atom. The van der Waals surface area contributed by atoms with Crippen LogP contribution in [0, 0.1) is 6.92 Å². The first-order valence-electron chi connectivity index (χ1n) is 13.0. The largest absolute Gasteiger partial charge is 0.492 e. The summed E-state index contributed by atoms with van der Waals surface area (Å²) in [7, 11) is -7.43. The molecule has 1 N–H and O–H groups in total. The summed E-state index contributed by atoms with van der Waals surface area (Å²) in [6, 6.07) is 19.4. The lowest BCUT2D eigenvalue weighted by Gasteiger charge is -2.35. The van der Waals surface area contributed by atoms with Crippen LogP contribution in [0.1, 0.15) is 18.4 Å². The first-order valence-corrected chi connectivity index (χ1v) is 15.9. The van der Waals surface area contributed by atoms with Crippen LogP contribution in [0.25, 0.3) is 0 Å². The second-order valence-electron chi connectivity index (χ2n) is 9.65. The van der Waals surface area contributed by atoms with Gasteiger partial charge in [0, 0.05) is 13.1 Å². The molecule has 5 rings (SSSR count). The standard InChI is InChI=1S/C28H31N3O7S2/c1-21-9-14-25-26(19-21)38-27(20-31(25)40(35,36)23-7-3-2-4-8-23)28(32)29-15-18-37-22-10-12-24(13-11-22)39(33,34)30-16-5-6-17-30/h2-4,7-14,19,27H,5-6,15-18,20H2,1H3,(H,29,32). The Morgan fingerprint density at radius 2 is 1.60 bits per heavy atom. The van der Waals surface area contributed by atoms with E-state index in [1.165, 1.54) is 32.9 Å². The zero-order valence-corrected chi connectivity index (χ0v) is 23.7. The monoisotopic (exact) mass is 585 g/mol. The Labute approximate surface area is 234 Å². The average molecular weight is 586 g/mol. The normalized spacial score (nSPS) is 17.6. The Kier molecular flexibility index (Phi) is 8.02. The highest BCUT2D eigenvalue weighted by molar-refractivity contribution is 7.92. The van der Waals surface area contributed by atoms with Gasteiger partial charge in [0.1, 0.15) is 18.1 Å². The predicted molar refractivity (Wildman–Crippen MR) is 150 cm³/mol. The van der Waals surface area contributed by atoms with E-state index in [2.05, 4.69) is 5.32 Å². The van der Waals surface area contributed by atoms with Gasteiger partial charge in [-0.1, -0.05) is 24.3 Å². The van der Waals surface area contributed by atoms with Crippen LogP contribution in [-0.2, 0) is 24.8 Å². The number of benzene rings is 3. The molecule has 0 aromatic heterocycles. The molecule has 1 unspecified atom stereocenters. The Morgan fingerprint density at radius 1 is 0.925 bits per heavy atom. The Hall–Kier alpha value is -3.61. The molecule has 0 aliphatic carbocycles. The summed E-state index contributed by atoms with van der Waals surface area (Å²) in [5.74, 6) is 0.301. The van der Waals surface area contributed by atoms with Gasteiger partial charge in [-0.3, -0.25) is 9.10 Å². The van der Waals surface area contributed by atoms with Crippen LogP contribution in [0.5, 0.6) is 11.5 Å². The van der Waals surface area contributed by atoms with Gasteiger partial charge in [-0.25, -0.2) is 16.8 Å². The van der Waals surface area contributed by atoms with Gasteiger partial charge in [-0.2, -0.15) is 4.31 Å². The van der Waals surface area contributed by atoms with Crippen LogP contribution in [0.3, 0.4) is 0 Å². The minimum absolute atomic E-state index is 0.121. The van der Waals surface area contributed by atoms with Crippen LogP contribution in [0.2, 0.25) is 0 Å². The summed E-state index contributed by atoms with van der Waals surface area (Å²) in [6.45, 7) is 3.00. The SMILES string of the molecule is Cc1ccc2c(c1)OC(C(=O)NCCOc1ccc(S(=O)(=O)N3CCCC3)cc1)CN2S(=O)(=O)c1ccccc1. The van der Waals surface area contributed by atoms with Crippen molar-refractivity contribution in [1.29, 1.82) is 0 Å². The maximum Gasteiger partial charge on any atom is 0.264 e. The van der Waals surface area contributed by atoms with Gasteiger partial charge in [0.05, 0.1) is 28.6 Å². The van der Waals surface area contributed by atoms with Crippen LogP contribution in [0.4, 0.5) is 5.69 Å². The molecule has 2 heterocycles. The third-order valence-electron chi connectivity index (χ3n) is 6.81. The number of nitrogens with one attached hydrogen (secondary N) is 1. The molecule has 212 valence electrons. The van der Waals surface area contributed by atoms with Crippen molar-refractivity contribution in [3.8, 4) is 11.5 Å². The van der Waals surface area contributed by atoms with Gasteiger partial charge in [-0.15, -0.1) is 0 Å². The lowest BCUT2D eigenvalue weighted by Crippen LogP contribution is -2.51. The summed E-state index contributed by atoms with van der Waals surface area (Å²) in [5, 5.41) is 2.74. The van der Waals surface area contributed by atoms with Gasteiger partial charge in [0.2, 0.25) is 10.0 Å². The quantitative estimate of drug-likeness (QED) is 0.383. The van der Waals surface area contributed by atoms with Crippen LogP contribution in [0.15, 0.2) is 82.6 Å². The summed E-state index contributed by atoms with van der Waals surface area (Å²) in [6.07, 6.45) is 0.665. The molecule has 40 heavy (non-hydrogen) atoms. The zero-order chi connectivity index (χ0) is 28.3. The predicted octanol–water partition coefficient (Wildman–Crippen LogP) is 2.93. The fraction of sp³-hybridized carbons (Fsp3) is 0.321. The number of fused-ring (bicyclic) bond motifs is 1. The number of nitrogens with zero attached hydrogens (tertiary/aromatic N) is 2. The Balaban J connectivity index is 1.20. The number of aryl methyl sites for hydroxylation is 1. The fourth-order valence-electron chi connectivity index (χ4n) is 4.69. The minimum Gasteiger partial charge on any atom is -0.492 e. The molecule has 0 saturated carbocycles. The highest BCUT2D eigenvalue weighted by Crippen LogP contribution is 2.37. The van der Waals surface area contributed by atoms with Crippen molar-refractivity contribution >= 4 is 31.6 Å². The molecule has 2 aliphatic rings. The molecule has 1 fully saturated rings. The van der Waals surface area contributed by atoms with E-state index in [0.717, 1.165) is 18.4 Å². The number of anilines is 1. The Bertz CT molecular complexity index is 1570. The number of rotatable bonds is 9. The summed E-state index contributed by atoms with van der Waals surface area (Å²) in [5.41, 5.74) is 1.24. The minimum atomic E-state index is -3.93. The van der Waals surface area contributed by atoms with Crippen molar-refractivity contribution in [3.05, 3.63) is 78.4 Å². The molecule has 0 radical (unpaired) electrons. The van der Waals surface area contributed by atoms with E-state index in [4.69, 9.17) is 9.47 Å². The number of hydrogen-bond donors (Lipinski definition) is 1. The molecule has 2 aliphatic heterocycles. The van der Waals surface area contributed by atoms with E-state index in [9.17, 15) is 21.6 Å².